The third-order valence-electron chi connectivity index (χ3n) is 3.07. The molecule has 0 aliphatic heterocycles. The summed E-state index contributed by atoms with van der Waals surface area (Å²) in [6, 6.07) is 10.5. The van der Waals surface area contributed by atoms with E-state index in [2.05, 4.69) is 10.6 Å². The van der Waals surface area contributed by atoms with Crippen molar-refractivity contribution in [2.75, 3.05) is 11.9 Å². The number of hydrogen-bond donors (Lipinski definition) is 2. The number of carbonyl (C=O) groups excluding carboxylic acids is 1. The van der Waals surface area contributed by atoms with Crippen LogP contribution in [0.25, 0.3) is 0 Å². The normalized spacial score (nSPS) is 10.0. The van der Waals surface area contributed by atoms with Crippen molar-refractivity contribution in [3.8, 4) is 5.75 Å². The van der Waals surface area contributed by atoms with Gasteiger partial charge in [-0.05, 0) is 49.5 Å². The number of hydrogen-bond acceptors (Lipinski definition) is 5. The molecule has 0 atom stereocenters. The molecule has 2 aromatic rings. The van der Waals surface area contributed by atoms with Crippen LogP contribution in [0, 0.1) is 10.1 Å². The highest BCUT2D eigenvalue weighted by Crippen LogP contribution is 2.26. The highest BCUT2D eigenvalue weighted by Gasteiger charge is 2.12. The molecule has 0 fully saturated rings. The van der Waals surface area contributed by atoms with Crippen LogP contribution in [0.5, 0.6) is 5.75 Å². The maximum Gasteiger partial charge on any atom is 0.271 e. The highest BCUT2D eigenvalue weighted by atomic mass is 35.5. The van der Waals surface area contributed by atoms with Gasteiger partial charge in [0.05, 0.1) is 22.2 Å². The van der Waals surface area contributed by atoms with Crippen LogP contribution in [-0.4, -0.2) is 22.5 Å². The number of benzene rings is 2. The van der Waals surface area contributed by atoms with Crippen molar-refractivity contribution in [2.45, 2.75) is 6.92 Å². The zero-order chi connectivity index (χ0) is 18.4. The minimum absolute atomic E-state index is 0.0228. The SMILES string of the molecule is CCOc1ccc(C(=O)NC(=S)Nc2ccc([N+](=O)[O-])cc2Cl)cc1. The number of nitro benzene ring substituents is 1. The second-order valence-electron chi connectivity index (χ2n) is 4.79. The number of anilines is 1. The molecule has 1 amide bonds. The number of nitro groups is 1. The molecule has 9 heteroatoms. The number of carbonyl (C=O) groups is 1. The number of halogens is 1. The number of nitrogens with zero attached hydrogens (tertiary/aromatic N) is 1. The summed E-state index contributed by atoms with van der Waals surface area (Å²) in [6.45, 7) is 2.41. The summed E-state index contributed by atoms with van der Waals surface area (Å²) in [4.78, 5) is 22.3. The predicted octanol–water partition coefficient (Wildman–Crippen LogP) is 3.77. The molecule has 0 saturated carbocycles. The van der Waals surface area contributed by atoms with Crippen molar-refractivity contribution in [1.29, 1.82) is 0 Å². The van der Waals surface area contributed by atoms with Crippen molar-refractivity contribution in [3.63, 3.8) is 0 Å². The van der Waals surface area contributed by atoms with Gasteiger partial charge in [-0.15, -0.1) is 0 Å². The zero-order valence-corrected chi connectivity index (χ0v) is 14.7. The first-order valence-electron chi connectivity index (χ1n) is 7.20. The molecule has 130 valence electrons. The van der Waals surface area contributed by atoms with E-state index in [0.717, 1.165) is 0 Å². The maximum absolute atomic E-state index is 12.1. The maximum atomic E-state index is 12.1. The van der Waals surface area contributed by atoms with Crippen molar-refractivity contribution in [3.05, 3.63) is 63.2 Å². The van der Waals surface area contributed by atoms with E-state index in [-0.39, 0.29) is 15.8 Å². The number of ether oxygens (including phenoxy) is 1. The Bertz CT molecular complexity index is 812. The predicted molar refractivity (Wildman–Crippen MR) is 99.4 cm³/mol. The van der Waals surface area contributed by atoms with Crippen LogP contribution in [0.15, 0.2) is 42.5 Å². The van der Waals surface area contributed by atoms with Gasteiger partial charge in [0, 0.05) is 17.7 Å². The number of rotatable bonds is 5. The van der Waals surface area contributed by atoms with Crippen LogP contribution < -0.4 is 15.4 Å². The second-order valence-corrected chi connectivity index (χ2v) is 5.60. The van der Waals surface area contributed by atoms with Gasteiger partial charge in [-0.2, -0.15) is 0 Å². The van der Waals surface area contributed by atoms with Gasteiger partial charge in [0.25, 0.3) is 11.6 Å². The van der Waals surface area contributed by atoms with Gasteiger partial charge in [0.15, 0.2) is 5.11 Å². The van der Waals surface area contributed by atoms with E-state index >= 15 is 0 Å². The Kier molecular flexibility index (Phi) is 6.26. The van der Waals surface area contributed by atoms with Crippen molar-refractivity contribution >= 4 is 46.2 Å². The molecule has 2 rings (SSSR count). The lowest BCUT2D eigenvalue weighted by molar-refractivity contribution is -0.384. The average molecular weight is 380 g/mol. The summed E-state index contributed by atoms with van der Waals surface area (Å²) < 4.78 is 5.31. The van der Waals surface area contributed by atoms with Gasteiger partial charge in [-0.3, -0.25) is 20.2 Å². The van der Waals surface area contributed by atoms with Crippen molar-refractivity contribution < 1.29 is 14.5 Å². The van der Waals surface area contributed by atoms with E-state index in [9.17, 15) is 14.9 Å². The lowest BCUT2D eigenvalue weighted by Gasteiger charge is -2.11. The lowest BCUT2D eigenvalue weighted by Crippen LogP contribution is -2.34. The Morgan fingerprint density at radius 2 is 1.96 bits per heavy atom. The van der Waals surface area contributed by atoms with E-state index < -0.39 is 10.8 Å². The van der Waals surface area contributed by atoms with E-state index in [1.54, 1.807) is 24.3 Å². The molecule has 0 aromatic heterocycles. The Balaban J connectivity index is 1.99. The molecule has 0 heterocycles. The molecule has 0 bridgehead atoms. The van der Waals surface area contributed by atoms with Gasteiger partial charge in [0.2, 0.25) is 0 Å². The first-order valence-corrected chi connectivity index (χ1v) is 7.98. The van der Waals surface area contributed by atoms with Crippen LogP contribution in [0.2, 0.25) is 5.02 Å². The van der Waals surface area contributed by atoms with Crippen molar-refractivity contribution in [1.82, 2.24) is 5.32 Å². The topological polar surface area (TPSA) is 93.5 Å². The minimum Gasteiger partial charge on any atom is -0.494 e. The summed E-state index contributed by atoms with van der Waals surface area (Å²) in [5, 5.41) is 16.1. The molecule has 0 saturated heterocycles. The zero-order valence-electron chi connectivity index (χ0n) is 13.1. The largest absolute Gasteiger partial charge is 0.494 e. The average Bonchev–Trinajstić information content (AvgIpc) is 2.57. The Labute approximate surface area is 154 Å². The van der Waals surface area contributed by atoms with Gasteiger partial charge in [0.1, 0.15) is 5.75 Å². The van der Waals surface area contributed by atoms with Crippen LogP contribution in [0.1, 0.15) is 17.3 Å². The fraction of sp³-hybridized carbons (Fsp3) is 0.125. The lowest BCUT2D eigenvalue weighted by atomic mass is 10.2. The Hall–Kier alpha value is -2.71. The van der Waals surface area contributed by atoms with E-state index in [1.165, 1.54) is 18.2 Å². The number of non-ortho nitro benzene ring substituents is 1. The summed E-state index contributed by atoms with van der Waals surface area (Å²) in [7, 11) is 0. The second kappa shape index (κ2) is 8.41. The molecule has 7 nitrogen and oxygen atoms in total. The van der Waals surface area contributed by atoms with Crippen molar-refractivity contribution in [2.24, 2.45) is 0 Å². The molecular weight excluding hydrogens is 366 g/mol. The van der Waals surface area contributed by atoms with Gasteiger partial charge < -0.3 is 10.1 Å². The van der Waals surface area contributed by atoms with Gasteiger partial charge >= 0.3 is 0 Å². The van der Waals surface area contributed by atoms with E-state index in [0.29, 0.717) is 23.6 Å². The first-order chi connectivity index (χ1) is 11.9. The molecule has 25 heavy (non-hydrogen) atoms. The first kappa shape index (κ1) is 18.6. The van der Waals surface area contributed by atoms with E-state index in [4.69, 9.17) is 28.6 Å². The molecule has 0 spiro atoms. The van der Waals surface area contributed by atoms with Crippen LogP contribution in [0.3, 0.4) is 0 Å². The summed E-state index contributed by atoms with van der Waals surface area (Å²) in [5.74, 6) is 0.260. The molecule has 2 N–H and O–H groups in total. The highest BCUT2D eigenvalue weighted by molar-refractivity contribution is 7.80. The molecule has 2 aromatic carbocycles. The smallest absolute Gasteiger partial charge is 0.271 e. The summed E-state index contributed by atoms with van der Waals surface area (Å²) >= 11 is 11.0. The van der Waals surface area contributed by atoms with Crippen LogP contribution >= 0.6 is 23.8 Å². The standard InChI is InChI=1S/C16H14ClN3O4S/c1-2-24-12-6-3-10(4-7-12)15(21)19-16(25)18-14-8-5-11(20(22)23)9-13(14)17/h3-9H,2H2,1H3,(H2,18,19,21,25). The number of nitrogens with one attached hydrogen (secondary N) is 2. The molecule has 0 radical (unpaired) electrons. The molecule has 0 unspecified atom stereocenters. The quantitative estimate of drug-likeness (QED) is 0.466. The fourth-order valence-electron chi connectivity index (χ4n) is 1.92. The molecule has 0 aliphatic rings. The van der Waals surface area contributed by atoms with Gasteiger partial charge in [-0.1, -0.05) is 11.6 Å². The minimum atomic E-state index is -0.554. The molecular formula is C16H14ClN3O4S. The summed E-state index contributed by atoms with van der Waals surface area (Å²) in [5.41, 5.74) is 0.617. The number of amides is 1. The Morgan fingerprint density at radius 3 is 2.52 bits per heavy atom. The third kappa shape index (κ3) is 5.13. The third-order valence-corrected chi connectivity index (χ3v) is 3.58. The van der Waals surface area contributed by atoms with Gasteiger partial charge in [-0.25, -0.2) is 0 Å². The van der Waals surface area contributed by atoms with Crippen LogP contribution in [-0.2, 0) is 0 Å². The molecule has 0 aliphatic carbocycles. The number of thiocarbonyl (C=S) groups is 1. The monoisotopic (exact) mass is 379 g/mol. The fourth-order valence-corrected chi connectivity index (χ4v) is 2.34. The summed E-state index contributed by atoms with van der Waals surface area (Å²) in [6.07, 6.45) is 0. The Morgan fingerprint density at radius 1 is 1.28 bits per heavy atom. The van der Waals surface area contributed by atoms with E-state index in [1.807, 2.05) is 6.92 Å². The van der Waals surface area contributed by atoms with Crippen LogP contribution in [0.4, 0.5) is 11.4 Å².